The Balaban J connectivity index is 1.83. The number of allylic oxidation sites excluding steroid dienone is 1. The molecule has 2 aromatic carbocycles. The van der Waals surface area contributed by atoms with Crippen molar-refractivity contribution >= 4 is 11.9 Å². The maximum atomic E-state index is 11.5. The van der Waals surface area contributed by atoms with Crippen molar-refractivity contribution in [3.63, 3.8) is 0 Å². The van der Waals surface area contributed by atoms with Gasteiger partial charge in [0.2, 0.25) is 0 Å². The summed E-state index contributed by atoms with van der Waals surface area (Å²) >= 11 is 0. The molecular weight excluding hydrogens is 224 g/mol. The second kappa shape index (κ2) is 4.49. The Kier molecular flexibility index (Phi) is 2.69. The van der Waals surface area contributed by atoms with E-state index < -0.39 is 0 Å². The molecule has 2 heteroatoms. The van der Waals surface area contributed by atoms with Crippen LogP contribution in [0.3, 0.4) is 0 Å². The van der Waals surface area contributed by atoms with Crippen LogP contribution in [-0.4, -0.2) is 5.78 Å². The molecule has 2 nitrogen and oxygen atoms in total. The van der Waals surface area contributed by atoms with E-state index in [1.165, 1.54) is 0 Å². The Hall–Kier alpha value is -2.35. The number of carbonyl (C=O) groups excluding carboxylic acids is 1. The van der Waals surface area contributed by atoms with Crippen LogP contribution in [0, 0.1) is 0 Å². The lowest BCUT2D eigenvalue weighted by Crippen LogP contribution is -1.98. The molecule has 0 aromatic heterocycles. The summed E-state index contributed by atoms with van der Waals surface area (Å²) in [5, 5.41) is 0. The van der Waals surface area contributed by atoms with E-state index in [1.807, 2.05) is 54.6 Å². The molecule has 0 unspecified atom stereocenters. The van der Waals surface area contributed by atoms with Gasteiger partial charge in [-0.3, -0.25) is 4.79 Å². The summed E-state index contributed by atoms with van der Waals surface area (Å²) in [5.74, 6) is 0.814. The van der Waals surface area contributed by atoms with Crippen molar-refractivity contribution in [3.8, 4) is 5.75 Å². The maximum Gasteiger partial charge on any atom is 0.186 e. The summed E-state index contributed by atoms with van der Waals surface area (Å²) in [6.07, 6.45) is 3.40. The zero-order valence-electron chi connectivity index (χ0n) is 9.80. The average molecular weight is 236 g/mol. The van der Waals surface area contributed by atoms with Crippen LogP contribution >= 0.6 is 0 Å². The van der Waals surface area contributed by atoms with Crippen LogP contribution < -0.4 is 4.74 Å². The minimum atomic E-state index is 0.0511. The van der Waals surface area contributed by atoms with Gasteiger partial charge in [0.25, 0.3) is 0 Å². The first-order valence-electron chi connectivity index (χ1n) is 5.87. The van der Waals surface area contributed by atoms with E-state index in [-0.39, 0.29) is 5.78 Å². The fourth-order valence-electron chi connectivity index (χ4n) is 2.04. The van der Waals surface area contributed by atoms with E-state index in [0.717, 1.165) is 22.4 Å². The number of ketones is 1. The topological polar surface area (TPSA) is 26.3 Å². The third kappa shape index (κ3) is 1.93. The molecule has 0 aliphatic heterocycles. The zero-order chi connectivity index (χ0) is 12.4. The molecule has 3 rings (SSSR count). The lowest BCUT2D eigenvalue weighted by molar-refractivity contribution is 0.105. The van der Waals surface area contributed by atoms with E-state index in [2.05, 4.69) is 0 Å². The van der Waals surface area contributed by atoms with Crippen molar-refractivity contribution in [1.29, 1.82) is 0 Å². The molecule has 1 aliphatic carbocycles. The third-order valence-corrected chi connectivity index (χ3v) is 2.97. The normalized spacial score (nSPS) is 12.6. The number of ether oxygens (including phenoxy) is 1. The van der Waals surface area contributed by atoms with Crippen LogP contribution in [-0.2, 0) is 6.61 Å². The Morgan fingerprint density at radius 2 is 1.72 bits per heavy atom. The van der Waals surface area contributed by atoms with Gasteiger partial charge < -0.3 is 4.74 Å². The average Bonchev–Trinajstić information content (AvgIpc) is 2.80. The van der Waals surface area contributed by atoms with Gasteiger partial charge >= 0.3 is 0 Å². The Morgan fingerprint density at radius 3 is 2.56 bits per heavy atom. The van der Waals surface area contributed by atoms with Crippen LogP contribution in [0.2, 0.25) is 0 Å². The summed E-state index contributed by atoms with van der Waals surface area (Å²) in [6.45, 7) is 0.513. The van der Waals surface area contributed by atoms with Crippen molar-refractivity contribution in [1.82, 2.24) is 0 Å². The molecule has 0 amide bonds. The zero-order valence-corrected chi connectivity index (χ0v) is 9.80. The molecule has 18 heavy (non-hydrogen) atoms. The second-order valence-corrected chi connectivity index (χ2v) is 4.19. The van der Waals surface area contributed by atoms with Gasteiger partial charge in [-0.05, 0) is 23.8 Å². The molecule has 0 heterocycles. The van der Waals surface area contributed by atoms with Crippen LogP contribution in [0.15, 0.2) is 54.6 Å². The van der Waals surface area contributed by atoms with Crippen molar-refractivity contribution in [2.75, 3.05) is 0 Å². The summed E-state index contributed by atoms with van der Waals surface area (Å²) < 4.78 is 5.78. The largest absolute Gasteiger partial charge is 0.488 e. The summed E-state index contributed by atoms with van der Waals surface area (Å²) in [5.41, 5.74) is 2.72. The molecule has 0 atom stereocenters. The summed E-state index contributed by atoms with van der Waals surface area (Å²) in [7, 11) is 0. The molecule has 0 spiro atoms. The van der Waals surface area contributed by atoms with Gasteiger partial charge in [0.1, 0.15) is 12.4 Å². The minimum Gasteiger partial charge on any atom is -0.488 e. The first-order valence-corrected chi connectivity index (χ1v) is 5.87. The van der Waals surface area contributed by atoms with Crippen molar-refractivity contribution in [2.45, 2.75) is 6.61 Å². The van der Waals surface area contributed by atoms with Gasteiger partial charge in [0.15, 0.2) is 5.78 Å². The maximum absolute atomic E-state index is 11.5. The molecule has 2 aromatic rings. The van der Waals surface area contributed by atoms with Gasteiger partial charge in [-0.25, -0.2) is 0 Å². The number of hydrogen-bond donors (Lipinski definition) is 0. The number of fused-ring (bicyclic) bond motifs is 1. The first kappa shape index (κ1) is 10.8. The molecule has 88 valence electrons. The van der Waals surface area contributed by atoms with Crippen molar-refractivity contribution < 1.29 is 9.53 Å². The Bertz CT molecular complexity index is 612. The van der Waals surface area contributed by atoms with Gasteiger partial charge in [0, 0.05) is 11.1 Å². The molecule has 0 fully saturated rings. The number of carbonyl (C=O) groups is 1. The van der Waals surface area contributed by atoms with Gasteiger partial charge in [-0.2, -0.15) is 0 Å². The van der Waals surface area contributed by atoms with Crippen LogP contribution in [0.1, 0.15) is 21.5 Å². The van der Waals surface area contributed by atoms with Crippen molar-refractivity contribution in [2.24, 2.45) is 0 Å². The molecule has 0 saturated heterocycles. The molecule has 0 N–H and O–H groups in total. The molecule has 1 aliphatic rings. The summed E-state index contributed by atoms with van der Waals surface area (Å²) in [6, 6.07) is 15.6. The lowest BCUT2D eigenvalue weighted by atomic mass is 10.1. The monoisotopic (exact) mass is 236 g/mol. The Morgan fingerprint density at radius 1 is 0.889 bits per heavy atom. The smallest absolute Gasteiger partial charge is 0.186 e. The van der Waals surface area contributed by atoms with E-state index >= 15 is 0 Å². The molecule has 0 saturated carbocycles. The fraction of sp³-hybridized carbons (Fsp3) is 0.0625. The molecule has 0 bridgehead atoms. The number of benzene rings is 2. The second-order valence-electron chi connectivity index (χ2n) is 4.19. The van der Waals surface area contributed by atoms with E-state index in [1.54, 1.807) is 6.08 Å². The standard InChI is InChI=1S/C16H12O2/c17-15-10-9-14-13(15)7-4-8-16(14)18-11-12-5-2-1-3-6-12/h1-10H,11H2. The van der Waals surface area contributed by atoms with E-state index in [4.69, 9.17) is 4.74 Å². The SMILES string of the molecule is O=C1C=Cc2c(OCc3ccccc3)cccc21. The van der Waals surface area contributed by atoms with E-state index in [9.17, 15) is 4.79 Å². The highest BCUT2D eigenvalue weighted by Crippen LogP contribution is 2.29. The predicted molar refractivity (Wildman–Crippen MR) is 70.6 cm³/mol. The van der Waals surface area contributed by atoms with Gasteiger partial charge in [-0.15, -0.1) is 0 Å². The Labute approximate surface area is 106 Å². The molecule has 0 radical (unpaired) electrons. The fourth-order valence-corrected chi connectivity index (χ4v) is 2.04. The van der Waals surface area contributed by atoms with Crippen LogP contribution in [0.5, 0.6) is 5.75 Å². The van der Waals surface area contributed by atoms with Gasteiger partial charge in [-0.1, -0.05) is 42.5 Å². The van der Waals surface area contributed by atoms with Gasteiger partial charge in [0.05, 0.1) is 0 Å². The molecular formula is C16H12O2. The first-order chi connectivity index (χ1) is 8.84. The number of rotatable bonds is 3. The van der Waals surface area contributed by atoms with E-state index in [0.29, 0.717) is 6.61 Å². The van der Waals surface area contributed by atoms with Crippen LogP contribution in [0.25, 0.3) is 6.08 Å². The highest BCUT2D eigenvalue weighted by atomic mass is 16.5. The predicted octanol–water partition coefficient (Wildman–Crippen LogP) is 3.48. The third-order valence-electron chi connectivity index (χ3n) is 2.97. The van der Waals surface area contributed by atoms with Crippen molar-refractivity contribution in [3.05, 3.63) is 71.3 Å². The highest BCUT2D eigenvalue weighted by molar-refractivity contribution is 6.14. The van der Waals surface area contributed by atoms with Crippen LogP contribution in [0.4, 0.5) is 0 Å². The lowest BCUT2D eigenvalue weighted by Gasteiger charge is -2.09. The number of hydrogen-bond acceptors (Lipinski definition) is 2. The summed E-state index contributed by atoms with van der Waals surface area (Å²) in [4.78, 5) is 11.5. The highest BCUT2D eigenvalue weighted by Gasteiger charge is 2.17. The minimum absolute atomic E-state index is 0.0511. The quantitative estimate of drug-likeness (QED) is 0.815.